The molecule has 0 unspecified atom stereocenters. The summed E-state index contributed by atoms with van der Waals surface area (Å²) in [6.07, 6.45) is 3.80. The molecule has 1 aliphatic rings. The molecule has 2 aromatic rings. The summed E-state index contributed by atoms with van der Waals surface area (Å²) in [6, 6.07) is 20.7. The Bertz CT molecular complexity index is 638. The standard InChI is InChI=1S/C23H32N2/c1-3-20-12-8-13-22(16-20)18-24(17-21-10-6-5-7-11-21)19-23-14-9-15-25(23)4-2/h5-8,10-13,16,23H,3-4,9,14-15,17-19H2,1-2H3/t23-/m0/s1. The Hall–Kier alpha value is -1.64. The third-order valence-corrected chi connectivity index (χ3v) is 5.43. The van der Waals surface area contributed by atoms with E-state index in [1.807, 2.05) is 0 Å². The molecule has 25 heavy (non-hydrogen) atoms. The van der Waals surface area contributed by atoms with Crippen molar-refractivity contribution in [2.75, 3.05) is 19.6 Å². The van der Waals surface area contributed by atoms with Gasteiger partial charge in [0.2, 0.25) is 0 Å². The van der Waals surface area contributed by atoms with Crippen molar-refractivity contribution in [3.8, 4) is 0 Å². The lowest BCUT2D eigenvalue weighted by Crippen LogP contribution is -2.39. The van der Waals surface area contributed by atoms with Gasteiger partial charge in [-0.05, 0) is 49.0 Å². The molecule has 2 heteroatoms. The van der Waals surface area contributed by atoms with Crippen LogP contribution in [0.2, 0.25) is 0 Å². The van der Waals surface area contributed by atoms with Crippen molar-refractivity contribution in [1.29, 1.82) is 0 Å². The quantitative estimate of drug-likeness (QED) is 0.687. The van der Waals surface area contributed by atoms with Crippen LogP contribution in [0.4, 0.5) is 0 Å². The number of likely N-dealkylation sites (tertiary alicyclic amines) is 1. The molecule has 1 saturated heterocycles. The third-order valence-electron chi connectivity index (χ3n) is 5.43. The summed E-state index contributed by atoms with van der Waals surface area (Å²) in [5.74, 6) is 0. The second-order valence-electron chi connectivity index (χ2n) is 7.25. The van der Waals surface area contributed by atoms with Gasteiger partial charge in [0, 0.05) is 25.7 Å². The molecule has 1 aliphatic heterocycles. The average Bonchev–Trinajstić information content (AvgIpc) is 3.10. The van der Waals surface area contributed by atoms with Crippen LogP contribution < -0.4 is 0 Å². The molecule has 0 amide bonds. The largest absolute Gasteiger partial charge is 0.299 e. The Labute approximate surface area is 153 Å². The monoisotopic (exact) mass is 336 g/mol. The zero-order chi connectivity index (χ0) is 17.5. The van der Waals surface area contributed by atoms with Crippen molar-refractivity contribution in [1.82, 2.24) is 9.80 Å². The van der Waals surface area contributed by atoms with Crippen LogP contribution in [-0.2, 0) is 19.5 Å². The molecule has 2 nitrogen and oxygen atoms in total. The number of nitrogens with zero attached hydrogens (tertiary/aromatic N) is 2. The minimum absolute atomic E-state index is 0.711. The predicted octanol–water partition coefficient (Wildman–Crippen LogP) is 4.74. The molecule has 0 bridgehead atoms. The highest BCUT2D eigenvalue weighted by atomic mass is 15.2. The van der Waals surface area contributed by atoms with E-state index in [4.69, 9.17) is 0 Å². The average molecular weight is 337 g/mol. The van der Waals surface area contributed by atoms with Gasteiger partial charge in [0.15, 0.2) is 0 Å². The molecule has 0 aliphatic carbocycles. The first-order valence-corrected chi connectivity index (χ1v) is 9.86. The molecule has 0 aromatic heterocycles. The maximum absolute atomic E-state index is 2.65. The normalized spacial score (nSPS) is 18.1. The zero-order valence-corrected chi connectivity index (χ0v) is 15.8. The van der Waals surface area contributed by atoms with Gasteiger partial charge in [-0.3, -0.25) is 9.80 Å². The van der Waals surface area contributed by atoms with Crippen LogP contribution in [-0.4, -0.2) is 35.5 Å². The van der Waals surface area contributed by atoms with Gasteiger partial charge in [-0.15, -0.1) is 0 Å². The number of aryl methyl sites for hydroxylation is 1. The highest BCUT2D eigenvalue weighted by molar-refractivity contribution is 5.23. The van der Waals surface area contributed by atoms with Crippen LogP contribution in [0, 0.1) is 0 Å². The van der Waals surface area contributed by atoms with Gasteiger partial charge in [-0.2, -0.15) is 0 Å². The lowest BCUT2D eigenvalue weighted by molar-refractivity contribution is 0.166. The van der Waals surface area contributed by atoms with Crippen molar-refractivity contribution in [3.05, 3.63) is 71.3 Å². The Morgan fingerprint density at radius 3 is 2.40 bits per heavy atom. The fourth-order valence-electron chi connectivity index (χ4n) is 4.05. The first-order valence-electron chi connectivity index (χ1n) is 9.86. The van der Waals surface area contributed by atoms with E-state index in [2.05, 4.69) is 78.2 Å². The van der Waals surface area contributed by atoms with E-state index < -0.39 is 0 Å². The highest BCUT2D eigenvalue weighted by Gasteiger charge is 2.25. The topological polar surface area (TPSA) is 6.48 Å². The SMILES string of the molecule is CCc1cccc(CN(Cc2ccccc2)C[C@@H]2CCCN2CC)c1. The van der Waals surface area contributed by atoms with E-state index in [1.165, 1.54) is 49.2 Å². The summed E-state index contributed by atoms with van der Waals surface area (Å²) >= 11 is 0. The molecule has 1 heterocycles. The molecular formula is C23H32N2. The highest BCUT2D eigenvalue weighted by Crippen LogP contribution is 2.20. The van der Waals surface area contributed by atoms with E-state index in [0.29, 0.717) is 6.04 Å². The molecular weight excluding hydrogens is 304 g/mol. The van der Waals surface area contributed by atoms with Gasteiger partial charge in [0.05, 0.1) is 0 Å². The lowest BCUT2D eigenvalue weighted by atomic mass is 10.1. The molecule has 0 radical (unpaired) electrons. The third kappa shape index (κ3) is 5.17. The van der Waals surface area contributed by atoms with Gasteiger partial charge < -0.3 is 0 Å². The minimum atomic E-state index is 0.711. The Kier molecular flexibility index (Phi) is 6.66. The van der Waals surface area contributed by atoms with Crippen LogP contribution in [0.3, 0.4) is 0 Å². The second kappa shape index (κ2) is 9.17. The smallest absolute Gasteiger partial charge is 0.0238 e. The van der Waals surface area contributed by atoms with Crippen molar-refractivity contribution in [3.63, 3.8) is 0 Å². The Balaban J connectivity index is 1.73. The minimum Gasteiger partial charge on any atom is -0.299 e. The molecule has 134 valence electrons. The Morgan fingerprint density at radius 2 is 1.64 bits per heavy atom. The summed E-state index contributed by atoms with van der Waals surface area (Å²) in [7, 11) is 0. The maximum Gasteiger partial charge on any atom is 0.0238 e. The number of hydrogen-bond acceptors (Lipinski definition) is 2. The Morgan fingerprint density at radius 1 is 0.920 bits per heavy atom. The van der Waals surface area contributed by atoms with Gasteiger partial charge in [0.1, 0.15) is 0 Å². The number of rotatable bonds is 8. The number of benzene rings is 2. The van der Waals surface area contributed by atoms with Gasteiger partial charge in [-0.1, -0.05) is 68.4 Å². The van der Waals surface area contributed by atoms with Crippen LogP contribution in [0.1, 0.15) is 43.4 Å². The molecule has 1 atom stereocenters. The fourth-order valence-corrected chi connectivity index (χ4v) is 4.05. The molecule has 2 aromatic carbocycles. The summed E-state index contributed by atoms with van der Waals surface area (Å²) in [5.41, 5.74) is 4.29. The van der Waals surface area contributed by atoms with E-state index >= 15 is 0 Å². The van der Waals surface area contributed by atoms with E-state index in [0.717, 1.165) is 19.5 Å². The predicted molar refractivity (Wildman–Crippen MR) is 107 cm³/mol. The van der Waals surface area contributed by atoms with Gasteiger partial charge in [-0.25, -0.2) is 0 Å². The van der Waals surface area contributed by atoms with Crippen LogP contribution in [0.25, 0.3) is 0 Å². The van der Waals surface area contributed by atoms with Crippen LogP contribution >= 0.6 is 0 Å². The van der Waals surface area contributed by atoms with Crippen LogP contribution in [0.15, 0.2) is 54.6 Å². The summed E-state index contributed by atoms with van der Waals surface area (Å²) in [6.45, 7) is 10.2. The molecule has 0 saturated carbocycles. The van der Waals surface area contributed by atoms with Crippen LogP contribution in [0.5, 0.6) is 0 Å². The zero-order valence-electron chi connectivity index (χ0n) is 15.8. The first kappa shape index (κ1) is 18.2. The number of hydrogen-bond donors (Lipinski definition) is 0. The van der Waals surface area contributed by atoms with E-state index in [1.54, 1.807) is 0 Å². The first-order chi connectivity index (χ1) is 12.3. The lowest BCUT2D eigenvalue weighted by Gasteiger charge is -2.30. The summed E-state index contributed by atoms with van der Waals surface area (Å²) in [4.78, 5) is 5.29. The van der Waals surface area contributed by atoms with E-state index in [9.17, 15) is 0 Å². The molecule has 0 spiro atoms. The van der Waals surface area contributed by atoms with Crippen molar-refractivity contribution >= 4 is 0 Å². The van der Waals surface area contributed by atoms with E-state index in [-0.39, 0.29) is 0 Å². The second-order valence-corrected chi connectivity index (χ2v) is 7.25. The summed E-state index contributed by atoms with van der Waals surface area (Å²) < 4.78 is 0. The van der Waals surface area contributed by atoms with Gasteiger partial charge in [0.25, 0.3) is 0 Å². The molecule has 0 N–H and O–H groups in total. The van der Waals surface area contributed by atoms with Gasteiger partial charge >= 0.3 is 0 Å². The maximum atomic E-state index is 2.65. The summed E-state index contributed by atoms with van der Waals surface area (Å²) in [5, 5.41) is 0. The van der Waals surface area contributed by atoms with Crippen molar-refractivity contribution in [2.45, 2.75) is 52.2 Å². The number of likely N-dealkylation sites (N-methyl/N-ethyl adjacent to an activating group) is 1. The van der Waals surface area contributed by atoms with Crippen molar-refractivity contribution in [2.24, 2.45) is 0 Å². The molecule has 1 fully saturated rings. The fraction of sp³-hybridized carbons (Fsp3) is 0.478. The molecule has 3 rings (SSSR count). The van der Waals surface area contributed by atoms with Crippen molar-refractivity contribution < 1.29 is 0 Å².